The fraction of sp³-hybridized carbons (Fsp3) is 0.240. The van der Waals surface area contributed by atoms with Crippen molar-refractivity contribution in [2.45, 2.75) is 20.3 Å². The number of nitrogens with one attached hydrogen (secondary N) is 1. The summed E-state index contributed by atoms with van der Waals surface area (Å²) in [6.07, 6.45) is 0.846. The van der Waals surface area contributed by atoms with E-state index < -0.39 is 0 Å². The summed E-state index contributed by atoms with van der Waals surface area (Å²) in [5, 5.41) is 2.98. The molecule has 3 aromatic carbocycles. The number of aryl methyl sites for hydroxylation is 1. The van der Waals surface area contributed by atoms with Gasteiger partial charge in [0.25, 0.3) is 5.91 Å². The Morgan fingerprint density at radius 3 is 2.30 bits per heavy atom. The summed E-state index contributed by atoms with van der Waals surface area (Å²) < 4.78 is 17.2. The van der Waals surface area contributed by atoms with Crippen molar-refractivity contribution < 1.29 is 19.0 Å². The van der Waals surface area contributed by atoms with E-state index in [2.05, 4.69) is 12.2 Å². The van der Waals surface area contributed by atoms with Gasteiger partial charge in [-0.05, 0) is 55.3 Å². The molecule has 5 heteroatoms. The molecule has 0 fully saturated rings. The maximum Gasteiger partial charge on any atom is 0.255 e. The first-order chi connectivity index (χ1) is 14.7. The van der Waals surface area contributed by atoms with Gasteiger partial charge >= 0.3 is 0 Å². The lowest BCUT2D eigenvalue weighted by Crippen LogP contribution is -2.14. The molecule has 3 rings (SSSR count). The van der Waals surface area contributed by atoms with E-state index in [1.54, 1.807) is 18.2 Å². The standard InChI is InChI=1S/C25H27NO4/c1-3-19-10-8-9-13-22(19)26-25(27)20-14-15-23(24(18-20)28-4-2)30-17-16-29-21-11-6-5-7-12-21/h5-15,18H,3-4,16-17H2,1-2H3,(H,26,27). The number of rotatable bonds is 10. The van der Waals surface area contributed by atoms with E-state index in [0.29, 0.717) is 36.9 Å². The average molecular weight is 405 g/mol. The van der Waals surface area contributed by atoms with Gasteiger partial charge in [0.2, 0.25) is 0 Å². The van der Waals surface area contributed by atoms with Crippen LogP contribution in [0.4, 0.5) is 5.69 Å². The third-order valence-corrected chi connectivity index (χ3v) is 4.51. The highest BCUT2D eigenvalue weighted by molar-refractivity contribution is 6.05. The Morgan fingerprint density at radius 1 is 0.800 bits per heavy atom. The van der Waals surface area contributed by atoms with Gasteiger partial charge in [-0.1, -0.05) is 43.3 Å². The molecule has 156 valence electrons. The molecule has 0 radical (unpaired) electrons. The molecule has 3 aromatic rings. The lowest BCUT2D eigenvalue weighted by molar-refractivity contribution is 0.102. The first-order valence-corrected chi connectivity index (χ1v) is 10.2. The van der Waals surface area contributed by atoms with Crippen LogP contribution in [0.3, 0.4) is 0 Å². The lowest BCUT2D eigenvalue weighted by atomic mass is 10.1. The molecular formula is C25H27NO4. The van der Waals surface area contributed by atoms with E-state index in [0.717, 1.165) is 23.4 Å². The first kappa shape index (κ1) is 21.2. The first-order valence-electron chi connectivity index (χ1n) is 10.2. The van der Waals surface area contributed by atoms with E-state index in [-0.39, 0.29) is 5.91 Å². The van der Waals surface area contributed by atoms with Crippen LogP contribution in [0.5, 0.6) is 17.2 Å². The van der Waals surface area contributed by atoms with Crippen LogP contribution < -0.4 is 19.5 Å². The Labute approximate surface area is 177 Å². The number of benzene rings is 3. The van der Waals surface area contributed by atoms with Crippen molar-refractivity contribution in [3.8, 4) is 17.2 Å². The second kappa shape index (κ2) is 10.9. The highest BCUT2D eigenvalue weighted by Crippen LogP contribution is 2.29. The Bertz CT molecular complexity index is 956. The molecular weight excluding hydrogens is 378 g/mol. The summed E-state index contributed by atoms with van der Waals surface area (Å²) in [6, 6.07) is 22.6. The number of para-hydroxylation sites is 2. The Morgan fingerprint density at radius 2 is 1.53 bits per heavy atom. The van der Waals surface area contributed by atoms with E-state index in [1.165, 1.54) is 0 Å². The molecule has 0 saturated carbocycles. The number of anilines is 1. The van der Waals surface area contributed by atoms with E-state index in [4.69, 9.17) is 14.2 Å². The smallest absolute Gasteiger partial charge is 0.255 e. The van der Waals surface area contributed by atoms with Gasteiger partial charge in [-0.15, -0.1) is 0 Å². The van der Waals surface area contributed by atoms with Gasteiger partial charge in [0, 0.05) is 11.3 Å². The molecule has 5 nitrogen and oxygen atoms in total. The zero-order valence-electron chi connectivity index (χ0n) is 17.4. The van der Waals surface area contributed by atoms with Crippen LogP contribution in [-0.2, 0) is 6.42 Å². The number of hydrogen-bond donors (Lipinski definition) is 1. The van der Waals surface area contributed by atoms with Crippen LogP contribution in [0, 0.1) is 0 Å². The Kier molecular flexibility index (Phi) is 7.72. The zero-order chi connectivity index (χ0) is 21.2. The Hall–Kier alpha value is -3.47. The third-order valence-electron chi connectivity index (χ3n) is 4.51. The van der Waals surface area contributed by atoms with Gasteiger partial charge < -0.3 is 19.5 Å². The molecule has 0 unspecified atom stereocenters. The quantitative estimate of drug-likeness (QED) is 0.462. The second-order valence-electron chi connectivity index (χ2n) is 6.57. The van der Waals surface area contributed by atoms with Crippen LogP contribution in [0.25, 0.3) is 0 Å². The Balaban J connectivity index is 1.64. The van der Waals surface area contributed by atoms with Crippen LogP contribution in [0.1, 0.15) is 29.8 Å². The molecule has 0 aliphatic heterocycles. The van der Waals surface area contributed by atoms with Crippen LogP contribution >= 0.6 is 0 Å². The maximum absolute atomic E-state index is 12.7. The molecule has 0 spiro atoms. The predicted octanol–water partition coefficient (Wildman–Crippen LogP) is 5.36. The molecule has 0 bridgehead atoms. The van der Waals surface area contributed by atoms with Gasteiger partial charge in [-0.3, -0.25) is 4.79 Å². The van der Waals surface area contributed by atoms with Gasteiger partial charge in [-0.25, -0.2) is 0 Å². The number of ether oxygens (including phenoxy) is 3. The minimum atomic E-state index is -0.184. The fourth-order valence-corrected chi connectivity index (χ4v) is 3.01. The minimum absolute atomic E-state index is 0.184. The molecule has 0 atom stereocenters. The summed E-state index contributed by atoms with van der Waals surface area (Å²) in [6.45, 7) is 5.20. The van der Waals surface area contributed by atoms with Crippen molar-refractivity contribution in [2.75, 3.05) is 25.1 Å². The van der Waals surface area contributed by atoms with Crippen molar-refractivity contribution in [1.29, 1.82) is 0 Å². The summed E-state index contributed by atoms with van der Waals surface area (Å²) in [5.41, 5.74) is 2.42. The summed E-state index contributed by atoms with van der Waals surface area (Å²) in [4.78, 5) is 12.7. The highest BCUT2D eigenvalue weighted by Gasteiger charge is 2.13. The number of amides is 1. The minimum Gasteiger partial charge on any atom is -0.490 e. The second-order valence-corrected chi connectivity index (χ2v) is 6.57. The summed E-state index contributed by atoms with van der Waals surface area (Å²) in [5.74, 6) is 1.73. The van der Waals surface area contributed by atoms with Crippen LogP contribution in [0.15, 0.2) is 72.8 Å². The molecule has 0 aliphatic carbocycles. The van der Waals surface area contributed by atoms with Gasteiger partial charge in [-0.2, -0.15) is 0 Å². The predicted molar refractivity (Wildman–Crippen MR) is 119 cm³/mol. The van der Waals surface area contributed by atoms with Gasteiger partial charge in [0.05, 0.1) is 6.61 Å². The summed E-state index contributed by atoms with van der Waals surface area (Å²) in [7, 11) is 0. The van der Waals surface area contributed by atoms with Crippen LogP contribution in [0.2, 0.25) is 0 Å². The third kappa shape index (κ3) is 5.77. The molecule has 0 saturated heterocycles. The SMILES string of the molecule is CCOc1cc(C(=O)Nc2ccccc2CC)ccc1OCCOc1ccccc1. The van der Waals surface area contributed by atoms with Crippen molar-refractivity contribution in [3.63, 3.8) is 0 Å². The topological polar surface area (TPSA) is 56.8 Å². The fourth-order valence-electron chi connectivity index (χ4n) is 3.01. The largest absolute Gasteiger partial charge is 0.490 e. The van der Waals surface area contributed by atoms with Crippen LogP contribution in [-0.4, -0.2) is 25.7 Å². The van der Waals surface area contributed by atoms with Crippen molar-refractivity contribution in [1.82, 2.24) is 0 Å². The van der Waals surface area contributed by atoms with E-state index in [1.807, 2.05) is 61.5 Å². The number of hydrogen-bond acceptors (Lipinski definition) is 4. The van der Waals surface area contributed by atoms with Crippen molar-refractivity contribution in [3.05, 3.63) is 83.9 Å². The molecule has 30 heavy (non-hydrogen) atoms. The zero-order valence-corrected chi connectivity index (χ0v) is 17.4. The molecule has 1 N–H and O–H groups in total. The molecule has 1 amide bonds. The normalized spacial score (nSPS) is 10.3. The van der Waals surface area contributed by atoms with Crippen molar-refractivity contribution in [2.24, 2.45) is 0 Å². The van der Waals surface area contributed by atoms with Crippen molar-refractivity contribution >= 4 is 11.6 Å². The van der Waals surface area contributed by atoms with Gasteiger partial charge in [0.15, 0.2) is 11.5 Å². The highest BCUT2D eigenvalue weighted by atomic mass is 16.5. The van der Waals surface area contributed by atoms with E-state index in [9.17, 15) is 4.79 Å². The van der Waals surface area contributed by atoms with Gasteiger partial charge in [0.1, 0.15) is 19.0 Å². The molecule has 0 aliphatic rings. The molecule has 0 heterocycles. The maximum atomic E-state index is 12.7. The average Bonchev–Trinajstić information content (AvgIpc) is 2.78. The summed E-state index contributed by atoms with van der Waals surface area (Å²) >= 11 is 0. The van der Waals surface area contributed by atoms with E-state index >= 15 is 0 Å². The monoisotopic (exact) mass is 405 g/mol. The number of carbonyl (C=O) groups is 1. The lowest BCUT2D eigenvalue weighted by Gasteiger charge is -2.14. The molecule has 0 aromatic heterocycles. The number of carbonyl (C=O) groups excluding carboxylic acids is 1.